The number of aliphatic hydroxyl groups is 1. The fraction of sp³-hybridized carbons (Fsp3) is 0.704. The first-order valence-electron chi connectivity index (χ1n) is 13.2. The second-order valence-electron chi connectivity index (χ2n) is 10.2. The Morgan fingerprint density at radius 2 is 1.76 bits per heavy atom. The van der Waals surface area contributed by atoms with E-state index in [1.807, 2.05) is 12.1 Å². The topological polar surface area (TPSA) is 99.1 Å². The lowest BCUT2D eigenvalue weighted by Crippen LogP contribution is -2.77. The van der Waals surface area contributed by atoms with Crippen molar-refractivity contribution in [2.24, 2.45) is 0 Å². The number of piperidine rings is 1. The Morgan fingerprint density at radius 1 is 1.05 bits per heavy atom. The molecular formula is C27H38BrNO8. The molecule has 0 radical (unpaired) electrons. The highest BCUT2D eigenvalue weighted by molar-refractivity contribution is 9.06. The molecule has 5 atom stereocenters. The van der Waals surface area contributed by atoms with E-state index in [2.05, 4.69) is 27.7 Å². The van der Waals surface area contributed by atoms with E-state index in [1.165, 1.54) is 0 Å². The minimum atomic E-state index is -0.941. The molecule has 1 aromatic rings. The zero-order valence-corrected chi connectivity index (χ0v) is 22.8. The number of halogens is 1. The third-order valence-corrected chi connectivity index (χ3v) is 8.81. The summed E-state index contributed by atoms with van der Waals surface area (Å²) in [5, 5.41) is 23.0. The van der Waals surface area contributed by atoms with Crippen LogP contribution >= 0.6 is 16.3 Å². The lowest BCUT2D eigenvalue weighted by Gasteiger charge is -2.64. The fourth-order valence-electron chi connectivity index (χ4n) is 7.03. The smallest absolute Gasteiger partial charge is 0.165 e. The molecular weight excluding hydrogens is 546 g/mol. The third-order valence-electron chi connectivity index (χ3n) is 8.49. The highest BCUT2D eigenvalue weighted by atomic mass is 79.9. The van der Waals surface area contributed by atoms with Gasteiger partial charge in [-0.2, -0.15) is 0 Å². The highest BCUT2D eigenvalue weighted by Crippen LogP contribution is 2.65. The van der Waals surface area contributed by atoms with Crippen molar-refractivity contribution in [1.29, 1.82) is 0 Å². The van der Waals surface area contributed by atoms with Crippen molar-refractivity contribution in [3.63, 3.8) is 0 Å². The molecule has 1 aromatic carbocycles. The monoisotopic (exact) mass is 583 g/mol. The lowest BCUT2D eigenvalue weighted by molar-refractivity contribution is -0.215. The van der Waals surface area contributed by atoms with E-state index in [4.69, 9.17) is 27.5 Å². The number of ether oxygens (including phenoxy) is 5. The zero-order chi connectivity index (χ0) is 25.9. The molecule has 2 N–H and O–H groups in total. The Hall–Kier alpha value is -1.24. The molecule has 37 heavy (non-hydrogen) atoms. The number of phenolic OH excluding ortho intramolecular Hbond substituents is 1. The second-order valence-corrected chi connectivity index (χ2v) is 10.7. The largest absolute Gasteiger partial charge is 0.504 e. The summed E-state index contributed by atoms with van der Waals surface area (Å²) in [6, 6.07) is 3.70. The third kappa shape index (κ3) is 4.84. The summed E-state index contributed by atoms with van der Waals surface area (Å²) in [4.78, 5) is 2.35. The van der Waals surface area contributed by atoms with Crippen molar-refractivity contribution in [2.45, 2.75) is 54.9 Å². The van der Waals surface area contributed by atoms with Crippen molar-refractivity contribution in [1.82, 2.24) is 4.90 Å². The lowest BCUT2D eigenvalue weighted by atomic mass is 9.48. The van der Waals surface area contributed by atoms with Crippen molar-refractivity contribution < 1.29 is 37.7 Å². The van der Waals surface area contributed by atoms with Gasteiger partial charge in [0.05, 0.1) is 86.2 Å². The van der Waals surface area contributed by atoms with Crippen LogP contribution < -0.4 is 4.74 Å². The van der Waals surface area contributed by atoms with Gasteiger partial charge in [-0.3, -0.25) is 4.90 Å². The van der Waals surface area contributed by atoms with Crippen LogP contribution in [-0.4, -0.2) is 105 Å². The van der Waals surface area contributed by atoms with Gasteiger partial charge in [0.1, 0.15) is 6.10 Å². The summed E-state index contributed by atoms with van der Waals surface area (Å²) in [5.74, 6) is 0.671. The van der Waals surface area contributed by atoms with Crippen molar-refractivity contribution >= 4 is 16.3 Å². The van der Waals surface area contributed by atoms with Gasteiger partial charge in [0.2, 0.25) is 0 Å². The highest BCUT2D eigenvalue weighted by Gasteiger charge is 2.73. The van der Waals surface area contributed by atoms with Crippen LogP contribution in [0.15, 0.2) is 24.8 Å². The number of phenols is 1. The summed E-state index contributed by atoms with van der Waals surface area (Å²) in [6.45, 7) is 9.41. The normalized spacial score (nSPS) is 31.7. The molecule has 1 saturated carbocycles. The first-order valence-corrected chi connectivity index (χ1v) is 13.9. The summed E-state index contributed by atoms with van der Waals surface area (Å²) in [6.07, 6.45) is 4.19. The molecule has 9 nitrogen and oxygen atoms in total. The Morgan fingerprint density at radius 3 is 2.46 bits per heavy atom. The van der Waals surface area contributed by atoms with E-state index in [0.29, 0.717) is 71.4 Å². The molecule has 2 aliphatic carbocycles. The quantitative estimate of drug-likeness (QED) is 0.238. The van der Waals surface area contributed by atoms with E-state index < -0.39 is 11.0 Å². The second kappa shape index (κ2) is 11.9. The van der Waals surface area contributed by atoms with Gasteiger partial charge in [0.15, 0.2) is 11.5 Å². The fourth-order valence-corrected chi connectivity index (χ4v) is 7.16. The van der Waals surface area contributed by atoms with Crippen LogP contribution in [0.1, 0.15) is 30.4 Å². The van der Waals surface area contributed by atoms with Crippen molar-refractivity contribution in [2.75, 3.05) is 65.9 Å². The van der Waals surface area contributed by atoms with Gasteiger partial charge < -0.3 is 37.7 Å². The Kier molecular flexibility index (Phi) is 8.77. The molecule has 1 saturated heterocycles. The predicted molar refractivity (Wildman–Crippen MR) is 139 cm³/mol. The van der Waals surface area contributed by atoms with Gasteiger partial charge in [-0.25, -0.2) is 0 Å². The first-order chi connectivity index (χ1) is 18.1. The predicted octanol–water partition coefficient (Wildman–Crippen LogP) is 2.49. The number of hydrogen-bond acceptors (Lipinski definition) is 9. The number of aromatic hydroxyl groups is 1. The molecule has 0 amide bonds. The Bertz CT molecular complexity index is 949. The standard InChI is InChI=1S/C27H38BrNO8/c1-2-8-29-9-7-26-23-19-3-4-20(30)24(23)37-25(26)21(5-6-27(26,31)22(29)18-19)35-16-14-33-12-10-32-11-13-34-15-17-36-28/h2-4,21-22,25,30-31H,1,5-18H2/t21-,22+,25-,26-,27+/m0/s1. The molecule has 2 bridgehead atoms. The van der Waals surface area contributed by atoms with Gasteiger partial charge in [-0.05, 0) is 43.9 Å². The van der Waals surface area contributed by atoms with Gasteiger partial charge in [0.25, 0.3) is 0 Å². The average molecular weight is 585 g/mol. The summed E-state index contributed by atoms with van der Waals surface area (Å²) < 4.78 is 34.1. The zero-order valence-electron chi connectivity index (χ0n) is 21.2. The molecule has 0 unspecified atom stereocenters. The molecule has 206 valence electrons. The number of hydrogen-bond donors (Lipinski definition) is 2. The molecule has 1 spiro atoms. The molecule has 2 fully saturated rings. The minimum Gasteiger partial charge on any atom is -0.504 e. The molecule has 2 aliphatic heterocycles. The summed E-state index contributed by atoms with van der Waals surface area (Å²) in [5.41, 5.74) is 0.630. The number of nitrogens with zero attached hydrogens (tertiary/aromatic N) is 1. The molecule has 4 aliphatic rings. The number of likely N-dealkylation sites (tertiary alicyclic amines) is 1. The van der Waals surface area contributed by atoms with Crippen LogP contribution in [-0.2, 0) is 34.6 Å². The van der Waals surface area contributed by atoms with E-state index in [1.54, 1.807) is 6.07 Å². The van der Waals surface area contributed by atoms with Crippen LogP contribution in [0.5, 0.6) is 11.5 Å². The van der Waals surface area contributed by atoms with Gasteiger partial charge in [0, 0.05) is 18.2 Å². The molecule has 0 aromatic heterocycles. The van der Waals surface area contributed by atoms with E-state index in [-0.39, 0.29) is 24.0 Å². The summed E-state index contributed by atoms with van der Waals surface area (Å²) in [7, 11) is 0. The van der Waals surface area contributed by atoms with Crippen LogP contribution in [0, 0.1) is 0 Å². The maximum absolute atomic E-state index is 12.3. The van der Waals surface area contributed by atoms with Crippen LogP contribution in [0.3, 0.4) is 0 Å². The Balaban J connectivity index is 1.18. The van der Waals surface area contributed by atoms with E-state index in [9.17, 15) is 10.2 Å². The van der Waals surface area contributed by atoms with Crippen LogP contribution in [0.2, 0.25) is 0 Å². The molecule has 2 heterocycles. The molecule has 10 heteroatoms. The SMILES string of the molecule is C=CCN1CC[C@]23c4c5ccc(O)c4O[C@H]2[C@@H](OCCOCCOCCOCCOBr)CC[C@@]3(O)[C@H]1C5. The van der Waals surface area contributed by atoms with Crippen molar-refractivity contribution in [3.8, 4) is 11.5 Å². The number of benzene rings is 1. The minimum absolute atomic E-state index is 0.0132. The van der Waals surface area contributed by atoms with Gasteiger partial charge >= 0.3 is 0 Å². The number of rotatable bonds is 15. The van der Waals surface area contributed by atoms with Crippen molar-refractivity contribution in [3.05, 3.63) is 35.9 Å². The Labute approximate surface area is 227 Å². The maximum Gasteiger partial charge on any atom is 0.165 e. The van der Waals surface area contributed by atoms with Gasteiger partial charge in [-0.1, -0.05) is 12.1 Å². The average Bonchev–Trinajstić information content (AvgIpc) is 3.25. The van der Waals surface area contributed by atoms with Crippen LogP contribution in [0.4, 0.5) is 0 Å². The van der Waals surface area contributed by atoms with Crippen LogP contribution in [0.25, 0.3) is 0 Å². The van der Waals surface area contributed by atoms with E-state index >= 15 is 0 Å². The summed E-state index contributed by atoms with van der Waals surface area (Å²) >= 11 is 2.88. The first kappa shape index (κ1) is 27.3. The van der Waals surface area contributed by atoms with Gasteiger partial charge in [-0.15, -0.1) is 6.58 Å². The van der Waals surface area contributed by atoms with E-state index in [0.717, 1.165) is 37.1 Å². The molecule has 5 rings (SSSR count). The maximum atomic E-state index is 12.3.